The van der Waals surface area contributed by atoms with Crippen LogP contribution < -0.4 is 0 Å². The van der Waals surface area contributed by atoms with Crippen LogP contribution >= 0.6 is 12.4 Å². The van der Waals surface area contributed by atoms with Gasteiger partial charge in [0.15, 0.2) is 0 Å². The van der Waals surface area contributed by atoms with E-state index in [0.717, 1.165) is 0 Å². The Labute approximate surface area is 128 Å². The molecular weight excluding hydrogens is 297 g/mol. The van der Waals surface area contributed by atoms with Crippen LogP contribution in [0.5, 0.6) is 0 Å². The van der Waals surface area contributed by atoms with Crippen LogP contribution in [0.2, 0.25) is 0 Å². The number of hydrogen-bond acceptors (Lipinski definition) is 2. The first-order chi connectivity index (χ1) is 9.54. The molecule has 0 bridgehead atoms. The molecule has 1 aliphatic carbocycles. The third-order valence-corrected chi connectivity index (χ3v) is 4.37. The van der Waals surface area contributed by atoms with Gasteiger partial charge in [0.25, 0.3) is 0 Å². The van der Waals surface area contributed by atoms with Crippen LogP contribution in [0, 0.1) is 11.7 Å². The molecule has 4 nitrogen and oxygen atoms in total. The van der Waals surface area contributed by atoms with Crippen LogP contribution in [0.4, 0.5) is 4.39 Å². The lowest BCUT2D eigenvalue weighted by Crippen LogP contribution is -2.38. The monoisotopic (exact) mass is 313 g/mol. The molecule has 1 saturated carbocycles. The summed E-state index contributed by atoms with van der Waals surface area (Å²) in [6.07, 6.45) is 1.76. The topological polar surface area (TPSA) is 57.6 Å². The minimum Gasteiger partial charge on any atom is -0.481 e. The summed E-state index contributed by atoms with van der Waals surface area (Å²) in [7, 11) is 0. The predicted octanol–water partition coefficient (Wildman–Crippen LogP) is 2.21. The van der Waals surface area contributed by atoms with Crippen LogP contribution in [-0.2, 0) is 15.0 Å². The zero-order chi connectivity index (χ0) is 14.3. The van der Waals surface area contributed by atoms with E-state index in [1.807, 2.05) is 0 Å². The fourth-order valence-corrected chi connectivity index (χ4v) is 3.02. The Hall–Kier alpha value is -1.62. The number of rotatable bonds is 3. The second-order valence-corrected chi connectivity index (χ2v) is 5.64. The Bertz CT molecular complexity index is 574. The van der Waals surface area contributed by atoms with E-state index < -0.39 is 17.3 Å². The summed E-state index contributed by atoms with van der Waals surface area (Å²) in [6.45, 7) is 0.691. The van der Waals surface area contributed by atoms with E-state index in [1.54, 1.807) is 23.1 Å². The van der Waals surface area contributed by atoms with Crippen molar-refractivity contribution in [3.63, 3.8) is 0 Å². The molecule has 1 unspecified atom stereocenters. The molecule has 0 radical (unpaired) electrons. The molecule has 21 heavy (non-hydrogen) atoms. The normalized spacial score (nSPS) is 22.5. The molecule has 1 aromatic rings. The van der Waals surface area contributed by atoms with E-state index in [-0.39, 0.29) is 30.7 Å². The minimum atomic E-state index is -0.865. The van der Waals surface area contributed by atoms with Crippen molar-refractivity contribution in [2.24, 2.45) is 5.92 Å². The minimum absolute atomic E-state index is 0. The number of hydrogen-bond donors (Lipinski definition) is 1. The number of amides is 1. The van der Waals surface area contributed by atoms with Crippen molar-refractivity contribution in [3.05, 3.63) is 35.6 Å². The number of carbonyl (C=O) groups excluding carboxylic acids is 1. The summed E-state index contributed by atoms with van der Waals surface area (Å²) in [4.78, 5) is 25.2. The van der Waals surface area contributed by atoms with Crippen molar-refractivity contribution in [2.45, 2.75) is 24.7 Å². The Morgan fingerprint density at radius 2 is 1.95 bits per heavy atom. The van der Waals surface area contributed by atoms with Gasteiger partial charge in [0.05, 0.1) is 11.3 Å². The average molecular weight is 314 g/mol. The Balaban J connectivity index is 0.00000161. The first kappa shape index (κ1) is 15.8. The van der Waals surface area contributed by atoms with Gasteiger partial charge in [0.2, 0.25) is 5.91 Å². The van der Waals surface area contributed by atoms with Gasteiger partial charge in [-0.05, 0) is 25.3 Å². The zero-order valence-corrected chi connectivity index (χ0v) is 12.2. The number of carboxylic acids is 1. The molecule has 2 fully saturated rings. The second-order valence-electron chi connectivity index (χ2n) is 5.64. The lowest BCUT2D eigenvalue weighted by atomic mass is 9.94. The highest BCUT2D eigenvalue weighted by atomic mass is 35.5. The van der Waals surface area contributed by atoms with Crippen LogP contribution in [0.1, 0.15) is 24.8 Å². The van der Waals surface area contributed by atoms with Crippen LogP contribution in [0.3, 0.4) is 0 Å². The lowest BCUT2D eigenvalue weighted by molar-refractivity contribution is -0.141. The van der Waals surface area contributed by atoms with Crippen LogP contribution in [-0.4, -0.2) is 35.0 Å². The number of likely N-dealkylation sites (tertiary alicyclic amines) is 1. The summed E-state index contributed by atoms with van der Waals surface area (Å²) >= 11 is 0. The van der Waals surface area contributed by atoms with Gasteiger partial charge < -0.3 is 10.0 Å². The molecule has 0 aromatic heterocycles. The molecule has 0 spiro atoms. The van der Waals surface area contributed by atoms with E-state index >= 15 is 0 Å². The van der Waals surface area contributed by atoms with Gasteiger partial charge >= 0.3 is 5.97 Å². The van der Waals surface area contributed by atoms with E-state index in [2.05, 4.69) is 0 Å². The quantitative estimate of drug-likeness (QED) is 0.931. The largest absolute Gasteiger partial charge is 0.481 e. The van der Waals surface area contributed by atoms with Gasteiger partial charge in [-0.1, -0.05) is 18.2 Å². The smallest absolute Gasteiger partial charge is 0.308 e. The molecular formula is C15H17ClFNO3. The number of aliphatic carboxylic acids is 1. The van der Waals surface area contributed by atoms with Crippen molar-refractivity contribution in [3.8, 4) is 0 Å². The Morgan fingerprint density at radius 3 is 2.48 bits per heavy atom. The molecule has 1 aromatic carbocycles. The maximum Gasteiger partial charge on any atom is 0.308 e. The lowest BCUT2D eigenvalue weighted by Gasteiger charge is -2.23. The van der Waals surface area contributed by atoms with E-state index in [9.17, 15) is 14.0 Å². The standard InChI is InChI=1S/C15H16FNO3.ClH/c16-12-4-2-1-3-11(12)15(6-7-15)14(20)17-8-5-10(9-17)13(18)19;/h1-4,10H,5-9H2,(H,18,19);1H. The summed E-state index contributed by atoms with van der Waals surface area (Å²) in [5.74, 6) is -1.83. The van der Waals surface area contributed by atoms with Gasteiger partial charge in [0.1, 0.15) is 5.82 Å². The maximum absolute atomic E-state index is 13.9. The summed E-state index contributed by atoms with van der Waals surface area (Å²) in [5.41, 5.74) is -0.303. The van der Waals surface area contributed by atoms with Crippen LogP contribution in [0.15, 0.2) is 24.3 Å². The van der Waals surface area contributed by atoms with Crippen LogP contribution in [0.25, 0.3) is 0 Å². The third-order valence-electron chi connectivity index (χ3n) is 4.37. The fraction of sp³-hybridized carbons (Fsp3) is 0.467. The molecule has 3 rings (SSSR count). The van der Waals surface area contributed by atoms with E-state index in [0.29, 0.717) is 31.4 Å². The maximum atomic E-state index is 13.9. The average Bonchev–Trinajstić information content (AvgIpc) is 3.07. The molecule has 1 atom stereocenters. The molecule has 6 heteroatoms. The number of benzene rings is 1. The van der Waals surface area contributed by atoms with E-state index in [4.69, 9.17) is 5.11 Å². The highest BCUT2D eigenvalue weighted by Crippen LogP contribution is 2.50. The summed E-state index contributed by atoms with van der Waals surface area (Å²) < 4.78 is 13.9. The molecule has 1 N–H and O–H groups in total. The molecule has 1 saturated heterocycles. The first-order valence-electron chi connectivity index (χ1n) is 6.82. The van der Waals surface area contributed by atoms with Gasteiger partial charge in [-0.3, -0.25) is 9.59 Å². The second kappa shape index (κ2) is 5.64. The molecule has 114 valence electrons. The van der Waals surface area contributed by atoms with Gasteiger partial charge in [0, 0.05) is 18.7 Å². The molecule has 1 aliphatic heterocycles. The first-order valence-corrected chi connectivity index (χ1v) is 6.82. The van der Waals surface area contributed by atoms with Gasteiger partial charge in [-0.2, -0.15) is 0 Å². The Kier molecular flexibility index (Phi) is 4.23. The Morgan fingerprint density at radius 1 is 1.29 bits per heavy atom. The summed E-state index contributed by atoms with van der Waals surface area (Å²) in [5, 5.41) is 8.99. The highest BCUT2D eigenvalue weighted by Gasteiger charge is 2.55. The van der Waals surface area contributed by atoms with Crippen molar-refractivity contribution in [1.82, 2.24) is 4.90 Å². The van der Waals surface area contributed by atoms with Crippen molar-refractivity contribution in [2.75, 3.05) is 13.1 Å². The summed E-state index contributed by atoms with van der Waals surface area (Å²) in [6, 6.07) is 6.36. The highest BCUT2D eigenvalue weighted by molar-refractivity contribution is 5.92. The van der Waals surface area contributed by atoms with Gasteiger partial charge in [-0.25, -0.2) is 4.39 Å². The molecule has 2 aliphatic rings. The SMILES string of the molecule is Cl.O=C(O)C1CCN(C(=O)C2(c3ccccc3F)CC2)C1. The van der Waals surface area contributed by atoms with E-state index in [1.165, 1.54) is 6.07 Å². The van der Waals surface area contributed by atoms with Gasteiger partial charge in [-0.15, -0.1) is 12.4 Å². The number of nitrogens with zero attached hydrogens (tertiary/aromatic N) is 1. The van der Waals surface area contributed by atoms with Crippen molar-refractivity contribution in [1.29, 1.82) is 0 Å². The van der Waals surface area contributed by atoms with Crippen molar-refractivity contribution < 1.29 is 19.1 Å². The fourth-order valence-electron chi connectivity index (χ4n) is 3.02. The number of halogens is 2. The number of carbonyl (C=O) groups is 2. The zero-order valence-electron chi connectivity index (χ0n) is 11.4. The predicted molar refractivity (Wildman–Crippen MR) is 76.9 cm³/mol. The molecule has 1 amide bonds. The molecule has 1 heterocycles. The van der Waals surface area contributed by atoms with Crippen molar-refractivity contribution >= 4 is 24.3 Å². The number of carboxylic acid groups (broad SMARTS) is 1. The third kappa shape index (κ3) is 2.62.